The smallest absolute Gasteiger partial charge is 0.287 e. The number of aromatic nitrogens is 1. The van der Waals surface area contributed by atoms with Crippen LogP contribution in [-0.4, -0.2) is 47.4 Å². The summed E-state index contributed by atoms with van der Waals surface area (Å²) >= 11 is 0. The second-order valence-corrected chi connectivity index (χ2v) is 5.71. The Balaban J connectivity index is 1.70. The summed E-state index contributed by atoms with van der Waals surface area (Å²) in [5.41, 5.74) is 0.975. The van der Waals surface area contributed by atoms with Gasteiger partial charge in [0.15, 0.2) is 5.76 Å². The second kappa shape index (κ2) is 7.27. The van der Waals surface area contributed by atoms with Crippen LogP contribution < -0.4 is 10.6 Å². The molecule has 7 heteroatoms. The molecule has 3 rings (SSSR count). The maximum atomic E-state index is 12.8. The zero-order valence-electron chi connectivity index (χ0n) is 13.4. The number of piperazine rings is 1. The fourth-order valence-electron chi connectivity index (χ4n) is 2.82. The molecule has 1 aliphatic rings. The van der Waals surface area contributed by atoms with Crippen molar-refractivity contribution < 1.29 is 14.0 Å². The molecule has 2 atom stereocenters. The van der Waals surface area contributed by atoms with Crippen LogP contribution in [0, 0.1) is 0 Å². The molecule has 24 heavy (non-hydrogen) atoms. The first-order valence-electron chi connectivity index (χ1n) is 7.92. The molecule has 0 bridgehead atoms. The molecule has 1 saturated heterocycles. The third kappa shape index (κ3) is 3.46. The molecule has 2 aromatic rings. The predicted molar refractivity (Wildman–Crippen MR) is 87.2 cm³/mol. The summed E-state index contributed by atoms with van der Waals surface area (Å²) in [5, 5.41) is 5.99. The number of hydrogen-bond acceptors (Lipinski definition) is 5. The minimum Gasteiger partial charge on any atom is -0.459 e. The van der Waals surface area contributed by atoms with E-state index in [9.17, 15) is 9.59 Å². The van der Waals surface area contributed by atoms with E-state index in [4.69, 9.17) is 4.42 Å². The van der Waals surface area contributed by atoms with Gasteiger partial charge in [-0.05, 0) is 30.7 Å². The van der Waals surface area contributed by atoms with Gasteiger partial charge in [-0.25, -0.2) is 0 Å². The van der Waals surface area contributed by atoms with E-state index in [1.165, 1.54) is 6.26 Å². The number of nitrogens with zero attached hydrogens (tertiary/aromatic N) is 2. The lowest BCUT2D eigenvalue weighted by Crippen LogP contribution is -2.54. The van der Waals surface area contributed by atoms with E-state index in [-0.39, 0.29) is 17.7 Å². The van der Waals surface area contributed by atoms with Crippen molar-refractivity contribution in [3.8, 4) is 0 Å². The second-order valence-electron chi connectivity index (χ2n) is 5.71. The quantitative estimate of drug-likeness (QED) is 0.873. The van der Waals surface area contributed by atoms with Gasteiger partial charge in [-0.3, -0.25) is 14.6 Å². The van der Waals surface area contributed by atoms with E-state index in [0.29, 0.717) is 13.1 Å². The first kappa shape index (κ1) is 16.2. The van der Waals surface area contributed by atoms with Crippen molar-refractivity contribution in [2.75, 3.05) is 19.6 Å². The Labute approximate surface area is 140 Å². The number of amides is 2. The van der Waals surface area contributed by atoms with Gasteiger partial charge < -0.3 is 20.0 Å². The highest BCUT2D eigenvalue weighted by molar-refractivity contribution is 5.95. The molecule has 0 spiro atoms. The SMILES string of the molecule is CC(NC(=O)c1ccco1)C(=O)N1CCNCC1c1cccnc1. The molecular formula is C17H20N4O3. The fraction of sp³-hybridized carbons (Fsp3) is 0.353. The number of pyridine rings is 1. The van der Waals surface area contributed by atoms with Gasteiger partial charge in [-0.15, -0.1) is 0 Å². The summed E-state index contributed by atoms with van der Waals surface area (Å²) in [6.07, 6.45) is 4.90. The first-order valence-corrected chi connectivity index (χ1v) is 7.92. The number of carbonyl (C=O) groups excluding carboxylic acids is 2. The van der Waals surface area contributed by atoms with Gasteiger partial charge in [0.1, 0.15) is 6.04 Å². The van der Waals surface area contributed by atoms with Crippen LogP contribution in [0.1, 0.15) is 29.1 Å². The Bertz CT molecular complexity index is 687. The Morgan fingerprint density at radius 3 is 3.00 bits per heavy atom. The van der Waals surface area contributed by atoms with Gasteiger partial charge in [-0.2, -0.15) is 0 Å². The van der Waals surface area contributed by atoms with E-state index in [1.807, 2.05) is 12.1 Å². The van der Waals surface area contributed by atoms with Crippen LogP contribution in [-0.2, 0) is 4.79 Å². The van der Waals surface area contributed by atoms with Gasteiger partial charge in [0, 0.05) is 32.0 Å². The van der Waals surface area contributed by atoms with Crippen LogP contribution in [0.4, 0.5) is 0 Å². The van der Waals surface area contributed by atoms with Gasteiger partial charge in [0.05, 0.1) is 12.3 Å². The predicted octanol–water partition coefficient (Wildman–Crippen LogP) is 0.966. The zero-order valence-corrected chi connectivity index (χ0v) is 13.4. The zero-order chi connectivity index (χ0) is 16.9. The topological polar surface area (TPSA) is 87.5 Å². The monoisotopic (exact) mass is 328 g/mol. The van der Waals surface area contributed by atoms with E-state index < -0.39 is 11.9 Å². The Kier molecular flexibility index (Phi) is 4.90. The van der Waals surface area contributed by atoms with Crippen LogP contribution in [0.15, 0.2) is 47.3 Å². The van der Waals surface area contributed by atoms with Crippen molar-refractivity contribution >= 4 is 11.8 Å². The van der Waals surface area contributed by atoms with Gasteiger partial charge in [-0.1, -0.05) is 6.07 Å². The highest BCUT2D eigenvalue weighted by atomic mass is 16.3. The molecule has 0 radical (unpaired) electrons. The molecule has 2 aromatic heterocycles. The molecule has 2 amide bonds. The third-order valence-corrected chi connectivity index (χ3v) is 4.06. The summed E-state index contributed by atoms with van der Waals surface area (Å²) in [6.45, 7) is 3.66. The molecule has 0 aromatic carbocycles. The molecule has 7 nitrogen and oxygen atoms in total. The Morgan fingerprint density at radius 2 is 2.29 bits per heavy atom. The van der Waals surface area contributed by atoms with E-state index in [0.717, 1.165) is 12.1 Å². The van der Waals surface area contributed by atoms with E-state index >= 15 is 0 Å². The van der Waals surface area contributed by atoms with Gasteiger partial charge in [0.25, 0.3) is 5.91 Å². The van der Waals surface area contributed by atoms with Gasteiger partial charge >= 0.3 is 0 Å². The molecule has 0 aliphatic carbocycles. The van der Waals surface area contributed by atoms with E-state index in [2.05, 4.69) is 15.6 Å². The standard InChI is InChI=1S/C17H20N4O3/c1-12(20-16(22)15-5-3-9-24-15)17(23)21-8-7-19-11-14(21)13-4-2-6-18-10-13/h2-6,9-10,12,14,19H,7-8,11H2,1H3,(H,20,22). The molecular weight excluding hydrogens is 308 g/mol. The summed E-state index contributed by atoms with van der Waals surface area (Å²) in [7, 11) is 0. The number of rotatable bonds is 4. The Morgan fingerprint density at radius 1 is 1.42 bits per heavy atom. The van der Waals surface area contributed by atoms with Crippen molar-refractivity contribution in [3.05, 3.63) is 54.2 Å². The van der Waals surface area contributed by atoms with Crippen molar-refractivity contribution in [3.63, 3.8) is 0 Å². The minimum absolute atomic E-state index is 0.0945. The molecule has 1 aliphatic heterocycles. The molecule has 2 N–H and O–H groups in total. The van der Waals surface area contributed by atoms with Crippen molar-refractivity contribution in [1.29, 1.82) is 0 Å². The van der Waals surface area contributed by atoms with Crippen LogP contribution in [0.2, 0.25) is 0 Å². The summed E-state index contributed by atoms with van der Waals surface area (Å²) in [6, 6.07) is 6.28. The lowest BCUT2D eigenvalue weighted by molar-refractivity contribution is -0.136. The van der Waals surface area contributed by atoms with E-state index in [1.54, 1.807) is 36.4 Å². The number of hydrogen-bond donors (Lipinski definition) is 2. The fourth-order valence-corrected chi connectivity index (χ4v) is 2.82. The lowest BCUT2D eigenvalue weighted by atomic mass is 10.0. The van der Waals surface area contributed by atoms with Crippen LogP contribution in [0.25, 0.3) is 0 Å². The molecule has 3 heterocycles. The molecule has 2 unspecified atom stereocenters. The van der Waals surface area contributed by atoms with Crippen LogP contribution >= 0.6 is 0 Å². The number of furan rings is 1. The highest BCUT2D eigenvalue weighted by Crippen LogP contribution is 2.22. The maximum Gasteiger partial charge on any atom is 0.287 e. The Hall–Kier alpha value is -2.67. The van der Waals surface area contributed by atoms with Crippen molar-refractivity contribution in [1.82, 2.24) is 20.5 Å². The lowest BCUT2D eigenvalue weighted by Gasteiger charge is -2.37. The van der Waals surface area contributed by atoms with Crippen LogP contribution in [0.5, 0.6) is 0 Å². The molecule has 0 saturated carbocycles. The largest absolute Gasteiger partial charge is 0.459 e. The minimum atomic E-state index is -0.639. The summed E-state index contributed by atoms with van der Waals surface area (Å²) in [5.74, 6) is -0.321. The normalized spacial score (nSPS) is 18.9. The molecule has 1 fully saturated rings. The average molecular weight is 328 g/mol. The van der Waals surface area contributed by atoms with Crippen molar-refractivity contribution in [2.45, 2.75) is 19.0 Å². The number of carbonyl (C=O) groups is 2. The van der Waals surface area contributed by atoms with Crippen molar-refractivity contribution in [2.24, 2.45) is 0 Å². The summed E-state index contributed by atoms with van der Waals surface area (Å²) < 4.78 is 5.06. The summed E-state index contributed by atoms with van der Waals surface area (Å²) in [4.78, 5) is 30.8. The average Bonchev–Trinajstić information content (AvgIpc) is 3.16. The van der Waals surface area contributed by atoms with Gasteiger partial charge in [0.2, 0.25) is 5.91 Å². The highest BCUT2D eigenvalue weighted by Gasteiger charge is 2.31. The maximum absolute atomic E-state index is 12.8. The third-order valence-electron chi connectivity index (χ3n) is 4.06. The first-order chi connectivity index (χ1) is 11.7. The number of nitrogens with one attached hydrogen (secondary N) is 2. The van der Waals surface area contributed by atoms with Crippen LogP contribution in [0.3, 0.4) is 0 Å². The molecule has 126 valence electrons.